The van der Waals surface area contributed by atoms with Crippen LogP contribution in [-0.4, -0.2) is 21.1 Å². The molecular formula is C12H11FN4OS. The van der Waals surface area contributed by atoms with Crippen LogP contribution in [-0.2, 0) is 0 Å². The lowest BCUT2D eigenvalue weighted by Crippen LogP contribution is -2.19. The predicted octanol–water partition coefficient (Wildman–Crippen LogP) is 1.74. The van der Waals surface area contributed by atoms with Gasteiger partial charge in [0.1, 0.15) is 10.8 Å². The summed E-state index contributed by atoms with van der Waals surface area (Å²) in [4.78, 5) is 11.9. The van der Waals surface area contributed by atoms with Gasteiger partial charge in [-0.25, -0.2) is 4.39 Å². The number of aromatic amines is 1. The fourth-order valence-corrected chi connectivity index (χ4v) is 1.86. The second kappa shape index (κ2) is 5.15. The third kappa shape index (κ3) is 2.60. The van der Waals surface area contributed by atoms with E-state index in [-0.39, 0.29) is 16.2 Å². The van der Waals surface area contributed by atoms with Gasteiger partial charge in [0.25, 0.3) is 5.91 Å². The Bertz CT molecular complexity index is 653. The monoisotopic (exact) mass is 278 g/mol. The van der Waals surface area contributed by atoms with Crippen molar-refractivity contribution in [2.24, 2.45) is 5.73 Å². The second-order valence-electron chi connectivity index (χ2n) is 3.89. The van der Waals surface area contributed by atoms with E-state index < -0.39 is 11.7 Å². The number of carbonyl (C=O) groups is 1. The van der Waals surface area contributed by atoms with E-state index >= 15 is 0 Å². The second-order valence-corrected chi connectivity index (χ2v) is 4.33. The van der Waals surface area contributed by atoms with Crippen molar-refractivity contribution in [2.75, 3.05) is 5.32 Å². The van der Waals surface area contributed by atoms with Crippen LogP contribution in [0.4, 0.5) is 10.1 Å². The molecule has 0 aliphatic heterocycles. The van der Waals surface area contributed by atoms with E-state index in [0.29, 0.717) is 11.3 Å². The van der Waals surface area contributed by atoms with Crippen molar-refractivity contribution in [3.8, 4) is 0 Å². The molecule has 0 atom stereocenters. The van der Waals surface area contributed by atoms with Crippen LogP contribution in [0, 0.1) is 12.7 Å². The Hall–Kier alpha value is -2.28. The zero-order valence-electron chi connectivity index (χ0n) is 10.0. The molecule has 2 aromatic rings. The molecule has 0 aliphatic rings. The minimum atomic E-state index is -0.575. The first-order valence-electron chi connectivity index (χ1n) is 5.40. The number of nitrogens with zero attached hydrogens (tertiary/aromatic N) is 1. The number of anilines is 1. The van der Waals surface area contributed by atoms with Crippen LogP contribution in [0.5, 0.6) is 0 Å². The molecule has 0 spiro atoms. The Balaban J connectivity index is 2.35. The summed E-state index contributed by atoms with van der Waals surface area (Å²) in [7, 11) is 0. The molecule has 7 heteroatoms. The first kappa shape index (κ1) is 13.2. The van der Waals surface area contributed by atoms with Crippen molar-refractivity contribution < 1.29 is 9.18 Å². The summed E-state index contributed by atoms with van der Waals surface area (Å²) >= 11 is 4.78. The van der Waals surface area contributed by atoms with E-state index in [4.69, 9.17) is 18.0 Å². The molecule has 98 valence electrons. The van der Waals surface area contributed by atoms with Gasteiger partial charge < -0.3 is 11.1 Å². The number of nitrogens with one attached hydrogen (secondary N) is 2. The zero-order valence-corrected chi connectivity index (χ0v) is 10.8. The Labute approximate surface area is 114 Å². The Morgan fingerprint density at radius 2 is 2.26 bits per heavy atom. The number of nitrogens with two attached hydrogens (primary N) is 1. The molecule has 5 nitrogen and oxygen atoms in total. The molecule has 0 unspecified atom stereocenters. The lowest BCUT2D eigenvalue weighted by atomic mass is 10.1. The quantitative estimate of drug-likeness (QED) is 0.747. The minimum absolute atomic E-state index is 0.0204. The van der Waals surface area contributed by atoms with E-state index in [9.17, 15) is 9.18 Å². The molecular weight excluding hydrogens is 267 g/mol. The molecule has 0 saturated carbocycles. The predicted molar refractivity (Wildman–Crippen MR) is 73.6 cm³/mol. The Morgan fingerprint density at radius 3 is 2.84 bits per heavy atom. The summed E-state index contributed by atoms with van der Waals surface area (Å²) in [5.41, 5.74) is 6.71. The number of H-pyrrole nitrogens is 1. The average molecular weight is 278 g/mol. The summed E-state index contributed by atoms with van der Waals surface area (Å²) in [6.07, 6.45) is 1.39. The van der Waals surface area contributed by atoms with E-state index in [2.05, 4.69) is 15.5 Å². The number of thiocarbonyl (C=S) groups is 1. The maximum atomic E-state index is 13.6. The number of halogens is 1. The van der Waals surface area contributed by atoms with Crippen molar-refractivity contribution in [2.45, 2.75) is 6.92 Å². The van der Waals surface area contributed by atoms with Gasteiger partial charge in [-0.1, -0.05) is 18.3 Å². The fraction of sp³-hybridized carbons (Fsp3) is 0.0833. The zero-order chi connectivity index (χ0) is 14.0. The number of hydrogen-bond donors (Lipinski definition) is 3. The summed E-state index contributed by atoms with van der Waals surface area (Å²) < 4.78 is 13.6. The van der Waals surface area contributed by atoms with Crippen molar-refractivity contribution in [1.82, 2.24) is 10.2 Å². The normalized spacial score (nSPS) is 10.2. The molecule has 1 amide bonds. The van der Waals surface area contributed by atoms with E-state index in [1.54, 1.807) is 6.92 Å². The van der Waals surface area contributed by atoms with Gasteiger partial charge in [0.15, 0.2) is 0 Å². The molecule has 19 heavy (non-hydrogen) atoms. The lowest BCUT2D eigenvalue weighted by Gasteiger charge is -2.10. The number of amides is 1. The molecule has 0 saturated heterocycles. The summed E-state index contributed by atoms with van der Waals surface area (Å²) in [5, 5.41) is 8.97. The van der Waals surface area contributed by atoms with Gasteiger partial charge >= 0.3 is 0 Å². The minimum Gasteiger partial charge on any atom is -0.389 e. The van der Waals surface area contributed by atoms with Gasteiger partial charge in [-0.05, 0) is 19.1 Å². The van der Waals surface area contributed by atoms with Gasteiger partial charge in [0, 0.05) is 5.69 Å². The highest BCUT2D eigenvalue weighted by atomic mass is 32.1. The number of aryl methyl sites for hydroxylation is 1. The van der Waals surface area contributed by atoms with Gasteiger partial charge in [-0.2, -0.15) is 5.10 Å². The maximum Gasteiger partial charge on any atom is 0.259 e. The molecule has 0 fully saturated rings. The van der Waals surface area contributed by atoms with Gasteiger partial charge in [-0.15, -0.1) is 0 Å². The molecule has 1 aromatic carbocycles. The van der Waals surface area contributed by atoms with Crippen LogP contribution in [0.2, 0.25) is 0 Å². The number of rotatable bonds is 3. The van der Waals surface area contributed by atoms with Crippen molar-refractivity contribution in [3.05, 3.63) is 47.0 Å². The Morgan fingerprint density at radius 1 is 1.53 bits per heavy atom. The van der Waals surface area contributed by atoms with Crippen LogP contribution in [0.15, 0.2) is 24.4 Å². The van der Waals surface area contributed by atoms with Gasteiger partial charge in [0.2, 0.25) is 0 Å². The van der Waals surface area contributed by atoms with Crippen LogP contribution in [0.1, 0.15) is 21.6 Å². The topological polar surface area (TPSA) is 83.8 Å². The molecule has 0 bridgehead atoms. The molecule has 0 radical (unpaired) electrons. The molecule has 4 N–H and O–H groups in total. The Kier molecular flexibility index (Phi) is 3.57. The highest BCUT2D eigenvalue weighted by molar-refractivity contribution is 7.80. The summed E-state index contributed by atoms with van der Waals surface area (Å²) in [5.74, 6) is -0.983. The van der Waals surface area contributed by atoms with E-state index in [1.807, 2.05) is 0 Å². The summed E-state index contributed by atoms with van der Waals surface area (Å²) in [6.45, 7) is 1.71. The van der Waals surface area contributed by atoms with Crippen molar-refractivity contribution in [1.29, 1.82) is 0 Å². The molecule has 2 rings (SSSR count). The van der Waals surface area contributed by atoms with Crippen LogP contribution in [0.3, 0.4) is 0 Å². The van der Waals surface area contributed by atoms with E-state index in [0.717, 1.165) is 0 Å². The van der Waals surface area contributed by atoms with Gasteiger partial charge in [0.05, 0.1) is 23.0 Å². The first-order valence-corrected chi connectivity index (χ1v) is 5.81. The molecule has 1 aromatic heterocycles. The van der Waals surface area contributed by atoms with Crippen LogP contribution in [0.25, 0.3) is 0 Å². The fourth-order valence-electron chi connectivity index (χ4n) is 1.65. The van der Waals surface area contributed by atoms with Crippen molar-refractivity contribution in [3.63, 3.8) is 0 Å². The number of benzene rings is 1. The van der Waals surface area contributed by atoms with Crippen LogP contribution >= 0.6 is 12.2 Å². The number of carbonyl (C=O) groups excluding carboxylic acids is 1. The average Bonchev–Trinajstić information content (AvgIpc) is 2.75. The highest BCUT2D eigenvalue weighted by Gasteiger charge is 2.16. The van der Waals surface area contributed by atoms with Crippen molar-refractivity contribution >= 4 is 28.8 Å². The lowest BCUT2D eigenvalue weighted by molar-refractivity contribution is 0.102. The molecule has 1 heterocycles. The maximum absolute atomic E-state index is 13.6. The smallest absolute Gasteiger partial charge is 0.259 e. The van der Waals surface area contributed by atoms with E-state index in [1.165, 1.54) is 24.4 Å². The van der Waals surface area contributed by atoms with Crippen LogP contribution < -0.4 is 11.1 Å². The van der Waals surface area contributed by atoms with Gasteiger partial charge in [-0.3, -0.25) is 9.89 Å². The highest BCUT2D eigenvalue weighted by Crippen LogP contribution is 2.20. The number of aromatic nitrogens is 2. The third-order valence-electron chi connectivity index (χ3n) is 2.58. The number of hydrogen-bond acceptors (Lipinski definition) is 3. The third-order valence-corrected chi connectivity index (χ3v) is 2.79. The largest absolute Gasteiger partial charge is 0.389 e. The first-order chi connectivity index (χ1) is 9.00. The standard InChI is InChI=1S/C12H11FN4OS/c1-6-7(5-15-17-6)12(18)16-9-4-2-3-8(13)10(9)11(14)19/h2-5H,1H3,(H2,14,19)(H,15,17)(H,16,18). The SMILES string of the molecule is Cc1[nH]ncc1C(=O)Nc1cccc(F)c1C(N)=S. The summed E-state index contributed by atoms with van der Waals surface area (Å²) in [6, 6.07) is 4.23. The molecule has 0 aliphatic carbocycles.